The third-order valence-corrected chi connectivity index (χ3v) is 3.45. The van der Waals surface area contributed by atoms with Crippen LogP contribution in [0.5, 0.6) is 0 Å². The van der Waals surface area contributed by atoms with Crippen molar-refractivity contribution in [1.82, 2.24) is 9.97 Å². The molecule has 21 heavy (non-hydrogen) atoms. The lowest BCUT2D eigenvalue weighted by molar-refractivity contribution is 0.0526. The second-order valence-electron chi connectivity index (χ2n) is 4.51. The summed E-state index contributed by atoms with van der Waals surface area (Å²) in [6, 6.07) is 7.88. The highest BCUT2D eigenvalue weighted by molar-refractivity contribution is 9.10. The van der Waals surface area contributed by atoms with E-state index >= 15 is 0 Å². The van der Waals surface area contributed by atoms with Crippen LogP contribution in [0, 0.1) is 6.92 Å². The van der Waals surface area contributed by atoms with E-state index in [4.69, 9.17) is 10.5 Å². The molecule has 2 rings (SSSR count). The lowest BCUT2D eigenvalue weighted by Gasteiger charge is -2.09. The average Bonchev–Trinajstić information content (AvgIpc) is 2.41. The van der Waals surface area contributed by atoms with E-state index in [0.717, 1.165) is 10.0 Å². The number of rotatable bonds is 4. The Balaban J connectivity index is 2.27. The molecule has 5 nitrogen and oxygen atoms in total. The van der Waals surface area contributed by atoms with Crippen molar-refractivity contribution >= 4 is 27.7 Å². The maximum absolute atomic E-state index is 11.8. The molecular weight excluding hydrogens is 334 g/mol. The first-order valence-corrected chi connectivity index (χ1v) is 7.35. The number of hydrogen-bond donors (Lipinski definition) is 1. The molecule has 0 fully saturated rings. The quantitative estimate of drug-likeness (QED) is 0.858. The van der Waals surface area contributed by atoms with Crippen LogP contribution < -0.4 is 5.73 Å². The van der Waals surface area contributed by atoms with E-state index in [1.165, 1.54) is 0 Å². The van der Waals surface area contributed by atoms with Crippen molar-refractivity contribution in [3.8, 4) is 0 Å². The van der Waals surface area contributed by atoms with E-state index in [9.17, 15) is 4.79 Å². The molecule has 0 aliphatic carbocycles. The Hall–Kier alpha value is -1.95. The zero-order valence-electron chi connectivity index (χ0n) is 11.9. The summed E-state index contributed by atoms with van der Waals surface area (Å²) >= 11 is 3.39. The lowest BCUT2D eigenvalue weighted by atomic mass is 10.1. The Kier molecular flexibility index (Phi) is 4.90. The number of anilines is 1. The van der Waals surface area contributed by atoms with E-state index < -0.39 is 5.97 Å². The Morgan fingerprint density at radius 2 is 1.95 bits per heavy atom. The summed E-state index contributed by atoms with van der Waals surface area (Å²) in [5.41, 5.74) is 7.72. The molecule has 0 saturated heterocycles. The van der Waals surface area contributed by atoms with Gasteiger partial charge in [-0.1, -0.05) is 28.1 Å². The maximum atomic E-state index is 11.8. The summed E-state index contributed by atoms with van der Waals surface area (Å²) in [5, 5.41) is 0. The summed E-state index contributed by atoms with van der Waals surface area (Å²) in [7, 11) is 0. The number of nitrogen functional groups attached to an aromatic ring is 1. The highest BCUT2D eigenvalue weighted by atomic mass is 79.9. The molecule has 2 N–H and O–H groups in total. The van der Waals surface area contributed by atoms with Gasteiger partial charge in [-0.2, -0.15) is 0 Å². The Morgan fingerprint density at radius 1 is 1.29 bits per heavy atom. The van der Waals surface area contributed by atoms with E-state index in [1.54, 1.807) is 13.8 Å². The number of halogens is 1. The van der Waals surface area contributed by atoms with Crippen molar-refractivity contribution in [3.05, 3.63) is 51.4 Å². The van der Waals surface area contributed by atoms with Gasteiger partial charge < -0.3 is 10.5 Å². The molecule has 0 saturated carbocycles. The molecule has 0 aliphatic rings. The second kappa shape index (κ2) is 6.67. The molecule has 0 unspecified atom stereocenters. The zero-order valence-corrected chi connectivity index (χ0v) is 13.5. The van der Waals surface area contributed by atoms with Crippen molar-refractivity contribution in [2.24, 2.45) is 0 Å². The Bertz CT molecular complexity index is 633. The third kappa shape index (κ3) is 3.78. The van der Waals surface area contributed by atoms with Gasteiger partial charge in [0, 0.05) is 10.9 Å². The van der Waals surface area contributed by atoms with E-state index in [-0.39, 0.29) is 11.4 Å². The topological polar surface area (TPSA) is 78.1 Å². The fourth-order valence-electron chi connectivity index (χ4n) is 1.97. The van der Waals surface area contributed by atoms with Gasteiger partial charge >= 0.3 is 5.97 Å². The largest absolute Gasteiger partial charge is 0.462 e. The van der Waals surface area contributed by atoms with Gasteiger partial charge in [-0.05, 0) is 31.5 Å². The monoisotopic (exact) mass is 349 g/mol. The molecule has 0 spiro atoms. The fourth-order valence-corrected chi connectivity index (χ4v) is 2.24. The number of esters is 1. The van der Waals surface area contributed by atoms with Crippen LogP contribution in [0.4, 0.5) is 5.82 Å². The zero-order chi connectivity index (χ0) is 15.4. The van der Waals surface area contributed by atoms with Crippen molar-refractivity contribution in [3.63, 3.8) is 0 Å². The van der Waals surface area contributed by atoms with Crippen molar-refractivity contribution < 1.29 is 9.53 Å². The van der Waals surface area contributed by atoms with Crippen LogP contribution in [-0.4, -0.2) is 22.5 Å². The number of ether oxygens (including phenoxy) is 1. The van der Waals surface area contributed by atoms with Gasteiger partial charge in [0.1, 0.15) is 17.2 Å². The van der Waals surface area contributed by atoms with Crippen LogP contribution in [0.2, 0.25) is 0 Å². The van der Waals surface area contributed by atoms with Crippen LogP contribution >= 0.6 is 15.9 Å². The standard InChI is InChI=1S/C15H16BrN3O2/c1-3-21-15(20)13-9(2)18-12(19-14(13)17)8-10-4-6-11(16)7-5-10/h4-7H,3,8H2,1-2H3,(H2,17,18,19). The van der Waals surface area contributed by atoms with Crippen LogP contribution in [0.15, 0.2) is 28.7 Å². The summed E-state index contributed by atoms with van der Waals surface area (Å²) in [4.78, 5) is 20.4. The van der Waals surface area contributed by atoms with Crippen molar-refractivity contribution in [2.75, 3.05) is 12.3 Å². The fraction of sp³-hybridized carbons (Fsp3) is 0.267. The molecule has 1 aromatic carbocycles. The molecular formula is C15H16BrN3O2. The number of carbonyl (C=O) groups is 1. The summed E-state index contributed by atoms with van der Waals surface area (Å²) in [6.07, 6.45) is 0.557. The van der Waals surface area contributed by atoms with Crippen LogP contribution in [0.1, 0.15) is 34.4 Å². The highest BCUT2D eigenvalue weighted by Gasteiger charge is 2.18. The van der Waals surface area contributed by atoms with Gasteiger partial charge in [-0.25, -0.2) is 14.8 Å². The third-order valence-electron chi connectivity index (χ3n) is 2.92. The van der Waals surface area contributed by atoms with Crippen LogP contribution in [-0.2, 0) is 11.2 Å². The van der Waals surface area contributed by atoms with Gasteiger partial charge in [-0.15, -0.1) is 0 Å². The number of hydrogen-bond acceptors (Lipinski definition) is 5. The molecule has 0 amide bonds. The predicted octanol–water partition coefficient (Wildman–Crippen LogP) is 2.90. The molecule has 0 bridgehead atoms. The first kappa shape index (κ1) is 15.4. The molecule has 0 aliphatic heterocycles. The molecule has 0 radical (unpaired) electrons. The maximum Gasteiger partial charge on any atom is 0.343 e. The SMILES string of the molecule is CCOC(=O)c1c(C)nc(Cc2ccc(Br)cc2)nc1N. The first-order valence-electron chi connectivity index (χ1n) is 6.55. The minimum atomic E-state index is -0.484. The summed E-state index contributed by atoms with van der Waals surface area (Å²) < 4.78 is 5.97. The number of carbonyl (C=O) groups excluding carboxylic acids is 1. The van der Waals surface area contributed by atoms with Crippen molar-refractivity contribution in [1.29, 1.82) is 0 Å². The minimum Gasteiger partial charge on any atom is -0.462 e. The number of aromatic nitrogens is 2. The average molecular weight is 350 g/mol. The first-order chi connectivity index (χ1) is 10.0. The smallest absolute Gasteiger partial charge is 0.343 e. The number of aryl methyl sites for hydroxylation is 1. The minimum absolute atomic E-state index is 0.160. The van der Waals surface area contributed by atoms with Crippen molar-refractivity contribution in [2.45, 2.75) is 20.3 Å². The van der Waals surface area contributed by atoms with E-state index in [1.807, 2.05) is 24.3 Å². The number of benzene rings is 1. The molecule has 0 atom stereocenters. The Morgan fingerprint density at radius 3 is 2.52 bits per heavy atom. The van der Waals surface area contributed by atoms with Gasteiger partial charge in [0.15, 0.2) is 0 Å². The molecule has 1 aromatic heterocycles. The summed E-state index contributed by atoms with van der Waals surface area (Å²) in [5.74, 6) is 0.260. The Labute approximate surface area is 131 Å². The van der Waals surface area contributed by atoms with Crippen LogP contribution in [0.25, 0.3) is 0 Å². The van der Waals surface area contributed by atoms with Gasteiger partial charge in [-0.3, -0.25) is 0 Å². The number of nitrogens with zero attached hydrogens (tertiary/aromatic N) is 2. The normalized spacial score (nSPS) is 10.4. The summed E-state index contributed by atoms with van der Waals surface area (Å²) in [6.45, 7) is 3.76. The highest BCUT2D eigenvalue weighted by Crippen LogP contribution is 2.17. The molecule has 1 heterocycles. The van der Waals surface area contributed by atoms with E-state index in [2.05, 4.69) is 25.9 Å². The van der Waals surface area contributed by atoms with Gasteiger partial charge in [0.2, 0.25) is 0 Å². The predicted molar refractivity (Wildman–Crippen MR) is 84.1 cm³/mol. The van der Waals surface area contributed by atoms with Gasteiger partial charge in [0.05, 0.1) is 12.3 Å². The molecule has 2 aromatic rings. The van der Waals surface area contributed by atoms with E-state index in [0.29, 0.717) is 24.5 Å². The number of nitrogens with two attached hydrogens (primary N) is 1. The second-order valence-corrected chi connectivity index (χ2v) is 5.42. The van der Waals surface area contributed by atoms with Gasteiger partial charge in [0.25, 0.3) is 0 Å². The lowest BCUT2D eigenvalue weighted by Crippen LogP contribution is -2.14. The van der Waals surface area contributed by atoms with Crippen LogP contribution in [0.3, 0.4) is 0 Å². The molecule has 6 heteroatoms. The molecule has 110 valence electrons.